The van der Waals surface area contributed by atoms with Gasteiger partial charge in [0.25, 0.3) is 0 Å². The molecule has 0 aliphatic rings. The average molecular weight is 296 g/mol. The molecule has 0 bridgehead atoms. The van der Waals surface area contributed by atoms with Crippen LogP contribution in [-0.4, -0.2) is 6.61 Å². The Labute approximate surface area is 102 Å². The Morgan fingerprint density at radius 3 is 2.93 bits per heavy atom. The molecule has 76 valence electrons. The molecule has 0 aromatic heterocycles. The minimum Gasteiger partial charge on any atom is -0.488 e. The summed E-state index contributed by atoms with van der Waals surface area (Å²) in [5, 5.41) is 0.593. The van der Waals surface area contributed by atoms with Gasteiger partial charge in [0, 0.05) is 10.0 Å². The van der Waals surface area contributed by atoms with Gasteiger partial charge in [-0.3, -0.25) is 0 Å². The van der Waals surface area contributed by atoms with Crippen molar-refractivity contribution in [3.8, 4) is 5.75 Å². The van der Waals surface area contributed by atoms with E-state index >= 15 is 0 Å². The summed E-state index contributed by atoms with van der Waals surface area (Å²) in [6.07, 6.45) is 0. The van der Waals surface area contributed by atoms with Crippen molar-refractivity contribution in [3.63, 3.8) is 0 Å². The lowest BCUT2D eigenvalue weighted by atomic mass is 10.3. The van der Waals surface area contributed by atoms with Gasteiger partial charge < -0.3 is 4.74 Å². The van der Waals surface area contributed by atoms with Crippen LogP contribution in [0.2, 0.25) is 5.02 Å². The fourth-order valence-corrected chi connectivity index (χ4v) is 1.39. The Morgan fingerprint density at radius 1 is 1.57 bits per heavy atom. The molecule has 0 saturated heterocycles. The molecule has 0 atom stereocenters. The molecular weight excluding hydrogens is 287 g/mol. The van der Waals surface area contributed by atoms with E-state index in [-0.39, 0.29) is 0 Å². The van der Waals surface area contributed by atoms with Crippen LogP contribution >= 0.6 is 39.1 Å². The van der Waals surface area contributed by atoms with E-state index in [0.29, 0.717) is 17.4 Å². The molecule has 0 fully saturated rings. The van der Waals surface area contributed by atoms with Crippen molar-refractivity contribution >= 4 is 39.1 Å². The number of benzene rings is 1. The molecular formula is C10H9BrCl2O. The maximum atomic E-state index is 5.92. The fraction of sp³-hybridized carbons (Fsp3) is 0.200. The van der Waals surface area contributed by atoms with E-state index in [1.54, 1.807) is 6.07 Å². The molecule has 0 aliphatic carbocycles. The number of rotatable bonds is 3. The SMILES string of the molecule is C/C(=C/Cl)COc1cc(Br)ccc1Cl. The largest absolute Gasteiger partial charge is 0.488 e. The number of hydrogen-bond donors (Lipinski definition) is 0. The van der Waals surface area contributed by atoms with Gasteiger partial charge in [-0.25, -0.2) is 0 Å². The molecule has 0 saturated carbocycles. The summed E-state index contributed by atoms with van der Waals surface area (Å²) in [5.74, 6) is 0.652. The van der Waals surface area contributed by atoms with Crippen molar-refractivity contribution in [3.05, 3.63) is 38.8 Å². The summed E-state index contributed by atoms with van der Waals surface area (Å²) in [6.45, 7) is 2.33. The first-order valence-corrected chi connectivity index (χ1v) is 5.58. The zero-order valence-electron chi connectivity index (χ0n) is 7.56. The Bertz CT molecular complexity index is 350. The minimum absolute atomic E-state index is 0.444. The molecule has 1 nitrogen and oxygen atoms in total. The summed E-state index contributed by atoms with van der Waals surface area (Å²) in [6, 6.07) is 5.46. The van der Waals surface area contributed by atoms with E-state index < -0.39 is 0 Å². The zero-order chi connectivity index (χ0) is 10.6. The molecule has 0 aliphatic heterocycles. The third-order valence-corrected chi connectivity index (χ3v) is 2.71. The van der Waals surface area contributed by atoms with Gasteiger partial charge in [-0.15, -0.1) is 0 Å². The van der Waals surface area contributed by atoms with Gasteiger partial charge in [0.2, 0.25) is 0 Å². The van der Waals surface area contributed by atoms with Crippen LogP contribution in [0.3, 0.4) is 0 Å². The second-order valence-corrected chi connectivity index (χ2v) is 4.36. The van der Waals surface area contributed by atoms with Gasteiger partial charge in [0.1, 0.15) is 12.4 Å². The predicted molar refractivity (Wildman–Crippen MR) is 64.3 cm³/mol. The summed E-state index contributed by atoms with van der Waals surface area (Å²) < 4.78 is 6.39. The summed E-state index contributed by atoms with van der Waals surface area (Å²) in [7, 11) is 0. The molecule has 14 heavy (non-hydrogen) atoms. The number of halogens is 3. The molecule has 1 aromatic rings. The maximum Gasteiger partial charge on any atom is 0.139 e. The first-order chi connectivity index (χ1) is 6.63. The van der Waals surface area contributed by atoms with E-state index in [1.807, 2.05) is 19.1 Å². The molecule has 0 spiro atoms. The first-order valence-electron chi connectivity index (χ1n) is 3.97. The van der Waals surface area contributed by atoms with E-state index in [2.05, 4.69) is 15.9 Å². The molecule has 0 N–H and O–H groups in total. The van der Waals surface area contributed by atoms with Crippen LogP contribution in [0.1, 0.15) is 6.92 Å². The Kier molecular flexibility index (Phi) is 4.79. The monoisotopic (exact) mass is 294 g/mol. The van der Waals surface area contributed by atoms with Gasteiger partial charge in [-0.1, -0.05) is 39.1 Å². The van der Waals surface area contributed by atoms with Crippen molar-refractivity contribution < 1.29 is 4.74 Å². The number of ether oxygens (including phenoxy) is 1. The second kappa shape index (κ2) is 5.64. The fourth-order valence-electron chi connectivity index (χ4n) is 0.811. The van der Waals surface area contributed by atoms with E-state index in [9.17, 15) is 0 Å². The first kappa shape index (κ1) is 11.9. The Hall–Kier alpha value is -0.180. The molecule has 0 amide bonds. The molecule has 0 unspecified atom stereocenters. The average Bonchev–Trinajstić information content (AvgIpc) is 2.19. The third kappa shape index (κ3) is 3.52. The Balaban J connectivity index is 2.71. The second-order valence-electron chi connectivity index (χ2n) is 2.82. The standard InChI is InChI=1S/C10H9BrCl2O/c1-7(5-12)6-14-10-4-8(11)2-3-9(10)13/h2-5H,6H2,1H3/b7-5-. The summed E-state index contributed by atoms with van der Waals surface area (Å²) >= 11 is 14.8. The van der Waals surface area contributed by atoms with Crippen molar-refractivity contribution in [1.29, 1.82) is 0 Å². The highest BCUT2D eigenvalue weighted by Gasteiger charge is 2.02. The summed E-state index contributed by atoms with van der Waals surface area (Å²) in [4.78, 5) is 0. The van der Waals surface area contributed by atoms with Crippen molar-refractivity contribution in [2.75, 3.05) is 6.61 Å². The van der Waals surface area contributed by atoms with Gasteiger partial charge in [-0.05, 0) is 30.7 Å². The van der Waals surface area contributed by atoms with Gasteiger partial charge in [0.15, 0.2) is 0 Å². The van der Waals surface area contributed by atoms with Crippen molar-refractivity contribution in [2.45, 2.75) is 6.92 Å². The molecule has 0 radical (unpaired) electrons. The highest BCUT2D eigenvalue weighted by Crippen LogP contribution is 2.28. The topological polar surface area (TPSA) is 9.23 Å². The highest BCUT2D eigenvalue weighted by atomic mass is 79.9. The van der Waals surface area contributed by atoms with Crippen LogP contribution in [0.5, 0.6) is 5.75 Å². The van der Waals surface area contributed by atoms with Crippen LogP contribution in [0.4, 0.5) is 0 Å². The number of hydrogen-bond acceptors (Lipinski definition) is 1. The quantitative estimate of drug-likeness (QED) is 0.790. The van der Waals surface area contributed by atoms with Crippen LogP contribution in [0.25, 0.3) is 0 Å². The van der Waals surface area contributed by atoms with E-state index in [4.69, 9.17) is 27.9 Å². The maximum absolute atomic E-state index is 5.92. The zero-order valence-corrected chi connectivity index (χ0v) is 10.7. The molecule has 4 heteroatoms. The molecule has 0 heterocycles. The van der Waals surface area contributed by atoms with Crippen molar-refractivity contribution in [1.82, 2.24) is 0 Å². The predicted octanol–water partition coefficient (Wildman–Crippen LogP) is 4.62. The van der Waals surface area contributed by atoms with Crippen LogP contribution in [0, 0.1) is 0 Å². The Morgan fingerprint density at radius 2 is 2.29 bits per heavy atom. The van der Waals surface area contributed by atoms with Gasteiger partial charge in [-0.2, -0.15) is 0 Å². The van der Waals surface area contributed by atoms with Gasteiger partial charge in [0.05, 0.1) is 5.02 Å². The van der Waals surface area contributed by atoms with Crippen LogP contribution < -0.4 is 4.74 Å². The van der Waals surface area contributed by atoms with E-state index in [1.165, 1.54) is 5.54 Å². The van der Waals surface area contributed by atoms with Crippen molar-refractivity contribution in [2.24, 2.45) is 0 Å². The normalized spacial score (nSPS) is 11.6. The van der Waals surface area contributed by atoms with E-state index in [0.717, 1.165) is 10.0 Å². The molecule has 1 aromatic carbocycles. The minimum atomic E-state index is 0.444. The smallest absolute Gasteiger partial charge is 0.139 e. The highest BCUT2D eigenvalue weighted by molar-refractivity contribution is 9.10. The lowest BCUT2D eigenvalue weighted by Crippen LogP contribution is -1.98. The van der Waals surface area contributed by atoms with Crippen LogP contribution in [-0.2, 0) is 0 Å². The molecule has 1 rings (SSSR count). The van der Waals surface area contributed by atoms with Crippen LogP contribution in [0.15, 0.2) is 33.8 Å². The summed E-state index contributed by atoms with van der Waals surface area (Å²) in [5.41, 5.74) is 2.44. The third-order valence-electron chi connectivity index (χ3n) is 1.53. The lowest BCUT2D eigenvalue weighted by Gasteiger charge is -2.07. The van der Waals surface area contributed by atoms with Gasteiger partial charge >= 0.3 is 0 Å². The lowest BCUT2D eigenvalue weighted by molar-refractivity contribution is 0.352.